The molecule has 0 amide bonds. The Morgan fingerprint density at radius 2 is 1.94 bits per heavy atom. The smallest absolute Gasteiger partial charge is 0.223 e. The molecule has 0 saturated heterocycles. The molecule has 2 N–H and O–H groups in total. The predicted molar refractivity (Wildman–Crippen MR) is 60.6 cm³/mol. The van der Waals surface area contributed by atoms with Gasteiger partial charge >= 0.3 is 0 Å². The van der Waals surface area contributed by atoms with Crippen LogP contribution in [0.1, 0.15) is 0 Å². The van der Waals surface area contributed by atoms with E-state index in [0.717, 1.165) is 5.56 Å². The van der Waals surface area contributed by atoms with E-state index in [1.54, 1.807) is 18.2 Å². The molecule has 0 fully saturated rings. The van der Waals surface area contributed by atoms with Crippen LogP contribution >= 0.6 is 0 Å². The van der Waals surface area contributed by atoms with Gasteiger partial charge in [0.15, 0.2) is 5.65 Å². The first-order valence-electron chi connectivity index (χ1n) is 4.96. The summed E-state index contributed by atoms with van der Waals surface area (Å²) in [6.45, 7) is 0. The van der Waals surface area contributed by atoms with Gasteiger partial charge in [0.05, 0.1) is 5.69 Å². The molecule has 0 aliphatic heterocycles. The van der Waals surface area contributed by atoms with Gasteiger partial charge in [-0.25, -0.2) is 14.4 Å². The van der Waals surface area contributed by atoms with Crippen LogP contribution in [0.25, 0.3) is 16.9 Å². The fourth-order valence-electron chi connectivity index (χ4n) is 1.62. The summed E-state index contributed by atoms with van der Waals surface area (Å²) in [5.74, 6) is -0.0374. The molecule has 3 rings (SSSR count). The number of nitrogens with zero attached hydrogens (tertiary/aromatic N) is 4. The summed E-state index contributed by atoms with van der Waals surface area (Å²) in [7, 11) is 0. The lowest BCUT2D eigenvalue weighted by molar-refractivity contribution is 0.628. The molecular formula is C11H8FN5. The van der Waals surface area contributed by atoms with Crippen LogP contribution in [0.15, 0.2) is 36.7 Å². The topological polar surface area (TPSA) is 69.1 Å². The van der Waals surface area contributed by atoms with Crippen molar-refractivity contribution in [2.45, 2.75) is 0 Å². The summed E-state index contributed by atoms with van der Waals surface area (Å²) in [6, 6.07) is 7.78. The zero-order valence-electron chi connectivity index (χ0n) is 8.71. The molecule has 3 aromatic rings. The summed E-state index contributed by atoms with van der Waals surface area (Å²) in [6.07, 6.45) is 1.40. The molecule has 0 atom stereocenters. The maximum absolute atomic E-state index is 12.8. The largest absolute Gasteiger partial charge is 0.368 e. The molecule has 2 heterocycles. The molecule has 0 saturated carbocycles. The molecule has 0 radical (unpaired) electrons. The molecule has 1 aromatic carbocycles. The number of aromatic nitrogens is 4. The first kappa shape index (κ1) is 9.71. The van der Waals surface area contributed by atoms with Crippen LogP contribution in [0.5, 0.6) is 0 Å². The van der Waals surface area contributed by atoms with Crippen molar-refractivity contribution < 1.29 is 4.39 Å². The maximum Gasteiger partial charge on any atom is 0.223 e. The molecule has 17 heavy (non-hydrogen) atoms. The van der Waals surface area contributed by atoms with Gasteiger partial charge in [-0.15, -0.1) is 0 Å². The second kappa shape index (κ2) is 3.51. The number of fused-ring (bicyclic) bond motifs is 1. The maximum atomic E-state index is 12.8. The van der Waals surface area contributed by atoms with E-state index in [4.69, 9.17) is 5.73 Å². The molecule has 84 valence electrons. The van der Waals surface area contributed by atoms with E-state index < -0.39 is 0 Å². The average molecular weight is 229 g/mol. The fraction of sp³-hybridized carbons (Fsp3) is 0. The predicted octanol–water partition coefficient (Wildman–Crippen LogP) is 1.51. The monoisotopic (exact) mass is 229 g/mol. The van der Waals surface area contributed by atoms with Crippen molar-refractivity contribution in [3.63, 3.8) is 0 Å². The van der Waals surface area contributed by atoms with Crippen LogP contribution in [-0.2, 0) is 0 Å². The Kier molecular flexibility index (Phi) is 2.01. The number of rotatable bonds is 1. The fourth-order valence-corrected chi connectivity index (χ4v) is 1.62. The van der Waals surface area contributed by atoms with Gasteiger partial charge in [0, 0.05) is 11.6 Å². The van der Waals surface area contributed by atoms with Gasteiger partial charge in [-0.3, -0.25) is 0 Å². The standard InChI is InChI=1S/C11H8FN5/c12-8-3-1-7(2-4-8)9-5-10-14-6-15-17(10)11(13)16-9/h1-6H,(H2,13,16). The van der Waals surface area contributed by atoms with Crippen LogP contribution < -0.4 is 5.73 Å². The van der Waals surface area contributed by atoms with Crippen LogP contribution in [0, 0.1) is 5.82 Å². The Morgan fingerprint density at radius 3 is 2.71 bits per heavy atom. The Labute approximate surface area is 95.7 Å². The van der Waals surface area contributed by atoms with Crippen molar-refractivity contribution in [3.8, 4) is 11.3 Å². The van der Waals surface area contributed by atoms with Crippen molar-refractivity contribution in [3.05, 3.63) is 42.5 Å². The van der Waals surface area contributed by atoms with Crippen LogP contribution in [0.4, 0.5) is 10.3 Å². The zero-order chi connectivity index (χ0) is 11.8. The number of anilines is 1. The van der Waals surface area contributed by atoms with E-state index in [1.165, 1.54) is 23.0 Å². The normalized spacial score (nSPS) is 10.9. The second-order valence-electron chi connectivity index (χ2n) is 3.54. The third-order valence-corrected chi connectivity index (χ3v) is 2.43. The van der Waals surface area contributed by atoms with Gasteiger partial charge < -0.3 is 5.73 Å². The molecule has 5 nitrogen and oxygen atoms in total. The van der Waals surface area contributed by atoms with Crippen molar-refractivity contribution in [1.29, 1.82) is 0 Å². The van der Waals surface area contributed by atoms with Crippen molar-refractivity contribution in [2.24, 2.45) is 0 Å². The van der Waals surface area contributed by atoms with E-state index in [-0.39, 0.29) is 11.8 Å². The Hall–Kier alpha value is -2.50. The minimum absolute atomic E-state index is 0.249. The summed E-state index contributed by atoms with van der Waals surface area (Å²) in [5, 5.41) is 3.93. The van der Waals surface area contributed by atoms with Crippen LogP contribution in [0.3, 0.4) is 0 Å². The summed E-state index contributed by atoms with van der Waals surface area (Å²) in [4.78, 5) is 8.23. The van der Waals surface area contributed by atoms with Crippen LogP contribution in [0.2, 0.25) is 0 Å². The highest BCUT2D eigenvalue weighted by Crippen LogP contribution is 2.19. The molecule has 0 spiro atoms. The van der Waals surface area contributed by atoms with Gasteiger partial charge in [0.1, 0.15) is 12.1 Å². The van der Waals surface area contributed by atoms with E-state index >= 15 is 0 Å². The molecule has 6 heteroatoms. The van der Waals surface area contributed by atoms with Gasteiger partial charge in [0.25, 0.3) is 0 Å². The summed E-state index contributed by atoms with van der Waals surface area (Å²) >= 11 is 0. The average Bonchev–Trinajstić information content (AvgIpc) is 2.78. The molecule has 0 bridgehead atoms. The van der Waals surface area contributed by atoms with Gasteiger partial charge in [-0.1, -0.05) is 0 Å². The number of hydrogen-bond acceptors (Lipinski definition) is 4. The molecule has 0 unspecified atom stereocenters. The number of benzene rings is 1. The highest BCUT2D eigenvalue weighted by atomic mass is 19.1. The van der Waals surface area contributed by atoms with Crippen LogP contribution in [-0.4, -0.2) is 19.6 Å². The van der Waals surface area contributed by atoms with Crippen molar-refractivity contribution in [2.75, 3.05) is 5.73 Å². The van der Waals surface area contributed by atoms with Crippen molar-refractivity contribution >= 4 is 11.6 Å². The minimum atomic E-state index is -0.287. The molecular weight excluding hydrogens is 221 g/mol. The Balaban J connectivity index is 2.20. The lowest BCUT2D eigenvalue weighted by Gasteiger charge is -2.03. The lowest BCUT2D eigenvalue weighted by Crippen LogP contribution is -2.02. The highest BCUT2D eigenvalue weighted by Gasteiger charge is 2.06. The number of nitrogens with two attached hydrogens (primary N) is 1. The second-order valence-corrected chi connectivity index (χ2v) is 3.54. The lowest BCUT2D eigenvalue weighted by atomic mass is 10.1. The Bertz CT molecular complexity index is 674. The van der Waals surface area contributed by atoms with Gasteiger partial charge in [-0.2, -0.15) is 9.61 Å². The van der Waals surface area contributed by atoms with E-state index in [2.05, 4.69) is 15.1 Å². The highest BCUT2D eigenvalue weighted by molar-refractivity contribution is 5.64. The zero-order valence-corrected chi connectivity index (χ0v) is 8.71. The summed E-state index contributed by atoms with van der Waals surface area (Å²) < 4.78 is 14.3. The minimum Gasteiger partial charge on any atom is -0.368 e. The molecule has 2 aromatic heterocycles. The third-order valence-electron chi connectivity index (χ3n) is 2.43. The first-order chi connectivity index (χ1) is 8.24. The number of nitrogen functional groups attached to an aromatic ring is 1. The SMILES string of the molecule is Nc1nc(-c2ccc(F)cc2)cc2ncnn12. The molecule has 0 aliphatic rings. The quantitative estimate of drug-likeness (QED) is 0.686. The van der Waals surface area contributed by atoms with E-state index in [9.17, 15) is 4.39 Å². The number of hydrogen-bond donors (Lipinski definition) is 1. The van der Waals surface area contributed by atoms with Crippen molar-refractivity contribution in [1.82, 2.24) is 19.6 Å². The van der Waals surface area contributed by atoms with Gasteiger partial charge in [0.2, 0.25) is 5.95 Å². The first-order valence-corrected chi connectivity index (χ1v) is 4.96. The third kappa shape index (κ3) is 1.59. The summed E-state index contributed by atoms with van der Waals surface area (Å²) in [5.41, 5.74) is 7.77. The molecule has 0 aliphatic carbocycles. The Morgan fingerprint density at radius 1 is 1.18 bits per heavy atom. The van der Waals surface area contributed by atoms with Gasteiger partial charge in [-0.05, 0) is 24.3 Å². The number of halogens is 1. The van der Waals surface area contributed by atoms with E-state index in [0.29, 0.717) is 11.3 Å². The van der Waals surface area contributed by atoms with E-state index in [1.807, 2.05) is 0 Å².